The Hall–Kier alpha value is -0.610. The van der Waals surface area contributed by atoms with E-state index in [0.717, 1.165) is 32.3 Å². The lowest BCUT2D eigenvalue weighted by Crippen LogP contribution is -2.50. The van der Waals surface area contributed by atoms with E-state index in [0.29, 0.717) is 18.6 Å². The number of hydrogen-bond acceptors (Lipinski definition) is 3. The highest BCUT2D eigenvalue weighted by molar-refractivity contribution is 5.78. The molecule has 0 bridgehead atoms. The van der Waals surface area contributed by atoms with Crippen LogP contribution in [0.3, 0.4) is 0 Å². The summed E-state index contributed by atoms with van der Waals surface area (Å²) < 4.78 is 5.88. The number of nitrogens with one attached hydrogen (secondary N) is 1. The first-order chi connectivity index (χ1) is 9.60. The molecule has 1 unspecified atom stereocenters. The van der Waals surface area contributed by atoms with Gasteiger partial charge in [0.05, 0.1) is 6.10 Å². The summed E-state index contributed by atoms with van der Waals surface area (Å²) in [5.41, 5.74) is -0.758. The molecule has 2 fully saturated rings. The second-order valence-electron chi connectivity index (χ2n) is 6.64. The SMILES string of the molecule is CC(CCCCOC1CCCCC1)(NC1CC1)C(=O)O. The Morgan fingerprint density at radius 1 is 1.20 bits per heavy atom. The summed E-state index contributed by atoms with van der Waals surface area (Å²) in [7, 11) is 0. The van der Waals surface area contributed by atoms with Crippen molar-refractivity contribution in [2.75, 3.05) is 6.61 Å². The number of carboxylic acids is 1. The van der Waals surface area contributed by atoms with Gasteiger partial charge in [-0.15, -0.1) is 0 Å². The van der Waals surface area contributed by atoms with Gasteiger partial charge in [0.25, 0.3) is 0 Å². The molecular formula is C16H29NO3. The van der Waals surface area contributed by atoms with Gasteiger partial charge in [-0.2, -0.15) is 0 Å². The van der Waals surface area contributed by atoms with E-state index in [1.165, 1.54) is 32.1 Å². The van der Waals surface area contributed by atoms with Crippen molar-refractivity contribution in [3.8, 4) is 0 Å². The molecule has 4 nitrogen and oxygen atoms in total. The molecule has 2 aliphatic rings. The Balaban J connectivity index is 1.59. The smallest absolute Gasteiger partial charge is 0.323 e. The zero-order valence-electron chi connectivity index (χ0n) is 12.7. The maximum absolute atomic E-state index is 11.4. The van der Waals surface area contributed by atoms with Crippen molar-refractivity contribution in [3.63, 3.8) is 0 Å². The second-order valence-corrected chi connectivity index (χ2v) is 6.64. The predicted octanol–water partition coefficient (Wildman–Crippen LogP) is 3.10. The maximum Gasteiger partial charge on any atom is 0.323 e. The molecule has 0 aromatic carbocycles. The van der Waals surface area contributed by atoms with Gasteiger partial charge in [0.1, 0.15) is 5.54 Å². The molecular weight excluding hydrogens is 254 g/mol. The molecule has 2 N–H and O–H groups in total. The molecule has 0 amide bonds. The van der Waals surface area contributed by atoms with Crippen molar-refractivity contribution in [3.05, 3.63) is 0 Å². The van der Waals surface area contributed by atoms with Crippen LogP contribution < -0.4 is 5.32 Å². The van der Waals surface area contributed by atoms with E-state index in [9.17, 15) is 9.90 Å². The van der Waals surface area contributed by atoms with E-state index in [-0.39, 0.29) is 0 Å². The number of hydrogen-bond donors (Lipinski definition) is 2. The molecule has 2 rings (SSSR count). The monoisotopic (exact) mass is 283 g/mol. The molecule has 0 saturated heterocycles. The molecule has 20 heavy (non-hydrogen) atoms. The molecule has 0 radical (unpaired) electrons. The van der Waals surface area contributed by atoms with Gasteiger partial charge < -0.3 is 9.84 Å². The summed E-state index contributed by atoms with van der Waals surface area (Å²) in [6, 6.07) is 0.426. The molecule has 0 aromatic heterocycles. The van der Waals surface area contributed by atoms with E-state index < -0.39 is 11.5 Å². The topological polar surface area (TPSA) is 58.6 Å². The van der Waals surface area contributed by atoms with Crippen molar-refractivity contribution >= 4 is 5.97 Å². The van der Waals surface area contributed by atoms with Crippen molar-refractivity contribution in [1.82, 2.24) is 5.32 Å². The number of unbranched alkanes of at least 4 members (excludes halogenated alkanes) is 1. The molecule has 116 valence electrons. The molecule has 0 aliphatic heterocycles. The van der Waals surface area contributed by atoms with Gasteiger partial charge in [0.2, 0.25) is 0 Å². The highest BCUT2D eigenvalue weighted by atomic mass is 16.5. The van der Waals surface area contributed by atoms with Crippen LogP contribution in [0.15, 0.2) is 0 Å². The van der Waals surface area contributed by atoms with Crippen LogP contribution in [-0.4, -0.2) is 35.4 Å². The van der Waals surface area contributed by atoms with Crippen LogP contribution in [0.1, 0.15) is 71.1 Å². The average molecular weight is 283 g/mol. The highest BCUT2D eigenvalue weighted by Crippen LogP contribution is 2.25. The third-order valence-corrected chi connectivity index (χ3v) is 4.55. The van der Waals surface area contributed by atoms with Crippen LogP contribution in [0.25, 0.3) is 0 Å². The van der Waals surface area contributed by atoms with E-state index in [1.54, 1.807) is 0 Å². The van der Waals surface area contributed by atoms with Crippen LogP contribution >= 0.6 is 0 Å². The first-order valence-corrected chi connectivity index (χ1v) is 8.23. The summed E-state index contributed by atoms with van der Waals surface area (Å²) in [6.07, 6.45) is 11.6. The average Bonchev–Trinajstić information content (AvgIpc) is 3.23. The van der Waals surface area contributed by atoms with E-state index in [1.807, 2.05) is 6.92 Å². The van der Waals surface area contributed by atoms with Gasteiger partial charge in [-0.05, 0) is 51.9 Å². The third-order valence-electron chi connectivity index (χ3n) is 4.55. The number of carbonyl (C=O) groups is 1. The standard InChI is InChI=1S/C16H29NO3/c1-16(15(18)19,17-13-9-10-13)11-5-6-12-20-14-7-3-2-4-8-14/h13-14,17H,2-12H2,1H3,(H,18,19). The fourth-order valence-corrected chi connectivity index (χ4v) is 2.98. The normalized spacial score (nSPS) is 23.4. The molecule has 2 saturated carbocycles. The number of ether oxygens (including phenoxy) is 1. The van der Waals surface area contributed by atoms with Crippen molar-refractivity contribution < 1.29 is 14.6 Å². The molecule has 0 heterocycles. The first-order valence-electron chi connectivity index (χ1n) is 8.23. The third kappa shape index (κ3) is 5.06. The molecule has 0 aromatic rings. The van der Waals surface area contributed by atoms with Gasteiger partial charge in [-0.25, -0.2) is 0 Å². The lowest BCUT2D eigenvalue weighted by atomic mass is 9.94. The molecule has 0 spiro atoms. The Labute approximate surface area is 122 Å². The Kier molecular flexibility index (Phi) is 5.85. The van der Waals surface area contributed by atoms with Gasteiger partial charge in [-0.1, -0.05) is 19.3 Å². The fourth-order valence-electron chi connectivity index (χ4n) is 2.98. The second kappa shape index (κ2) is 7.41. The van der Waals surface area contributed by atoms with E-state index >= 15 is 0 Å². The van der Waals surface area contributed by atoms with Crippen LogP contribution in [0, 0.1) is 0 Å². The largest absolute Gasteiger partial charge is 0.480 e. The van der Waals surface area contributed by atoms with Crippen LogP contribution in [0.5, 0.6) is 0 Å². The Bertz CT molecular complexity index is 311. The van der Waals surface area contributed by atoms with Crippen LogP contribution in [-0.2, 0) is 9.53 Å². The summed E-state index contributed by atoms with van der Waals surface area (Å²) in [5, 5.41) is 12.6. The minimum atomic E-state index is -0.758. The summed E-state index contributed by atoms with van der Waals surface area (Å²) >= 11 is 0. The summed E-state index contributed by atoms with van der Waals surface area (Å²) in [4.78, 5) is 11.4. The number of rotatable bonds is 9. The Morgan fingerprint density at radius 3 is 2.50 bits per heavy atom. The number of carboxylic acid groups (broad SMARTS) is 1. The van der Waals surface area contributed by atoms with Crippen molar-refractivity contribution in [2.24, 2.45) is 0 Å². The lowest BCUT2D eigenvalue weighted by Gasteiger charge is -2.27. The van der Waals surface area contributed by atoms with E-state index in [2.05, 4.69) is 5.32 Å². The van der Waals surface area contributed by atoms with E-state index in [4.69, 9.17) is 4.74 Å². The van der Waals surface area contributed by atoms with Gasteiger partial charge in [0, 0.05) is 12.6 Å². The molecule has 2 aliphatic carbocycles. The quantitative estimate of drug-likeness (QED) is 0.638. The van der Waals surface area contributed by atoms with Gasteiger partial charge in [-0.3, -0.25) is 10.1 Å². The predicted molar refractivity (Wildman–Crippen MR) is 78.9 cm³/mol. The Morgan fingerprint density at radius 2 is 1.90 bits per heavy atom. The zero-order chi connectivity index (χ0) is 14.4. The first kappa shape index (κ1) is 15.8. The fraction of sp³-hybridized carbons (Fsp3) is 0.938. The van der Waals surface area contributed by atoms with Crippen molar-refractivity contribution in [2.45, 2.75) is 88.8 Å². The molecule has 4 heteroatoms. The van der Waals surface area contributed by atoms with Crippen LogP contribution in [0.4, 0.5) is 0 Å². The maximum atomic E-state index is 11.4. The van der Waals surface area contributed by atoms with Gasteiger partial charge in [0.15, 0.2) is 0 Å². The summed E-state index contributed by atoms with van der Waals surface area (Å²) in [6.45, 7) is 2.60. The minimum absolute atomic E-state index is 0.426. The lowest BCUT2D eigenvalue weighted by molar-refractivity contribution is -0.144. The minimum Gasteiger partial charge on any atom is -0.480 e. The van der Waals surface area contributed by atoms with Crippen LogP contribution in [0.2, 0.25) is 0 Å². The van der Waals surface area contributed by atoms with Crippen molar-refractivity contribution in [1.29, 1.82) is 0 Å². The zero-order valence-corrected chi connectivity index (χ0v) is 12.7. The molecule has 1 atom stereocenters. The number of aliphatic carboxylic acids is 1. The van der Waals surface area contributed by atoms with Gasteiger partial charge >= 0.3 is 5.97 Å². The summed E-state index contributed by atoms with van der Waals surface area (Å²) in [5.74, 6) is -0.724. The highest BCUT2D eigenvalue weighted by Gasteiger charge is 2.37.